The fourth-order valence-corrected chi connectivity index (χ4v) is 4.99. The predicted octanol–water partition coefficient (Wildman–Crippen LogP) is 4.63. The van der Waals surface area contributed by atoms with Crippen molar-refractivity contribution in [2.45, 2.75) is 18.8 Å². The van der Waals surface area contributed by atoms with Gasteiger partial charge in [0.1, 0.15) is 5.39 Å². The van der Waals surface area contributed by atoms with Crippen LogP contribution in [0.3, 0.4) is 0 Å². The minimum atomic E-state index is -0.277. The van der Waals surface area contributed by atoms with Gasteiger partial charge in [-0.15, -0.1) is 0 Å². The van der Waals surface area contributed by atoms with Gasteiger partial charge in [-0.05, 0) is 68.7 Å². The van der Waals surface area contributed by atoms with E-state index in [1.807, 2.05) is 12.1 Å². The molecule has 35 heavy (non-hydrogen) atoms. The Kier molecular flexibility index (Phi) is 5.47. The van der Waals surface area contributed by atoms with E-state index in [4.69, 9.17) is 11.6 Å². The zero-order valence-corrected chi connectivity index (χ0v) is 20.0. The van der Waals surface area contributed by atoms with E-state index in [-0.39, 0.29) is 5.56 Å². The number of likely N-dealkylation sites (tertiary alicyclic amines) is 1. The molecule has 2 aromatic carbocycles. The lowest BCUT2D eigenvalue weighted by atomic mass is 9.89. The molecule has 9 heteroatoms. The SMILES string of the molecule is CN1CCC(c2ccc(Nc3ncc4c(=O)n(-c5ccccc5Cl)c5nccn5c4n3)cc2)CC1. The molecular formula is C26H24ClN7O. The number of anilines is 2. The van der Waals surface area contributed by atoms with Crippen LogP contribution in [-0.2, 0) is 0 Å². The molecule has 5 aromatic rings. The molecule has 0 spiro atoms. The maximum atomic E-state index is 13.4. The Morgan fingerprint density at radius 2 is 1.80 bits per heavy atom. The lowest BCUT2D eigenvalue weighted by molar-refractivity contribution is 0.255. The highest BCUT2D eigenvalue weighted by molar-refractivity contribution is 6.32. The summed E-state index contributed by atoms with van der Waals surface area (Å²) in [5, 5.41) is 4.10. The van der Waals surface area contributed by atoms with Crippen LogP contribution in [0.1, 0.15) is 24.3 Å². The zero-order valence-electron chi connectivity index (χ0n) is 19.2. The molecule has 1 N–H and O–H groups in total. The van der Waals surface area contributed by atoms with Gasteiger partial charge in [0.05, 0.1) is 10.7 Å². The van der Waals surface area contributed by atoms with E-state index < -0.39 is 0 Å². The third kappa shape index (κ3) is 3.94. The molecule has 1 saturated heterocycles. The predicted molar refractivity (Wildman–Crippen MR) is 138 cm³/mol. The second kappa shape index (κ2) is 8.79. The van der Waals surface area contributed by atoms with Crippen molar-refractivity contribution in [2.75, 3.05) is 25.5 Å². The molecule has 0 radical (unpaired) electrons. The van der Waals surface area contributed by atoms with E-state index in [1.165, 1.54) is 23.0 Å². The third-order valence-electron chi connectivity index (χ3n) is 6.70. The number of hydrogen-bond donors (Lipinski definition) is 1. The summed E-state index contributed by atoms with van der Waals surface area (Å²) in [4.78, 5) is 29.3. The summed E-state index contributed by atoms with van der Waals surface area (Å²) >= 11 is 6.39. The van der Waals surface area contributed by atoms with E-state index in [1.54, 1.807) is 35.1 Å². The van der Waals surface area contributed by atoms with Crippen LogP contribution in [0.5, 0.6) is 0 Å². The summed E-state index contributed by atoms with van der Waals surface area (Å²) in [7, 11) is 2.18. The first-order valence-corrected chi connectivity index (χ1v) is 12.0. The van der Waals surface area contributed by atoms with Crippen molar-refractivity contribution in [1.82, 2.24) is 28.8 Å². The average Bonchev–Trinajstić information content (AvgIpc) is 3.36. The van der Waals surface area contributed by atoms with Gasteiger partial charge in [-0.25, -0.2) is 14.5 Å². The van der Waals surface area contributed by atoms with Crippen LogP contribution in [-0.4, -0.2) is 49.0 Å². The van der Waals surface area contributed by atoms with Crippen molar-refractivity contribution in [3.63, 3.8) is 0 Å². The molecule has 0 saturated carbocycles. The molecule has 4 heterocycles. The molecule has 1 aliphatic heterocycles. The minimum absolute atomic E-state index is 0.277. The summed E-state index contributed by atoms with van der Waals surface area (Å²) in [5.74, 6) is 1.45. The summed E-state index contributed by atoms with van der Waals surface area (Å²) in [6, 6.07) is 15.7. The van der Waals surface area contributed by atoms with Gasteiger partial charge in [-0.1, -0.05) is 35.9 Å². The van der Waals surface area contributed by atoms with Gasteiger partial charge >= 0.3 is 0 Å². The van der Waals surface area contributed by atoms with Crippen molar-refractivity contribution >= 4 is 40.0 Å². The number of hydrogen-bond acceptors (Lipinski definition) is 6. The Morgan fingerprint density at radius 3 is 2.57 bits per heavy atom. The Labute approximate surface area is 206 Å². The molecule has 0 bridgehead atoms. The fraction of sp³-hybridized carbons (Fsp3) is 0.231. The van der Waals surface area contributed by atoms with E-state index in [0.29, 0.717) is 39.4 Å². The minimum Gasteiger partial charge on any atom is -0.324 e. The van der Waals surface area contributed by atoms with Crippen LogP contribution in [0.2, 0.25) is 5.02 Å². The Balaban J connectivity index is 1.35. The van der Waals surface area contributed by atoms with Crippen LogP contribution in [0.15, 0.2) is 71.9 Å². The highest BCUT2D eigenvalue weighted by Crippen LogP contribution is 2.29. The number of rotatable bonds is 4. The Hall–Kier alpha value is -3.75. The number of aromatic nitrogens is 5. The van der Waals surface area contributed by atoms with Gasteiger partial charge < -0.3 is 10.2 Å². The van der Waals surface area contributed by atoms with E-state index >= 15 is 0 Å². The third-order valence-corrected chi connectivity index (χ3v) is 7.02. The van der Waals surface area contributed by atoms with Crippen molar-refractivity contribution in [1.29, 1.82) is 0 Å². The summed E-state index contributed by atoms with van der Waals surface area (Å²) in [6.07, 6.45) is 7.33. The highest BCUT2D eigenvalue weighted by Gasteiger charge is 2.19. The number of para-hydroxylation sites is 1. The smallest absolute Gasteiger partial charge is 0.270 e. The molecule has 0 aliphatic carbocycles. The van der Waals surface area contributed by atoms with E-state index in [0.717, 1.165) is 18.8 Å². The van der Waals surface area contributed by atoms with Crippen LogP contribution in [0.25, 0.3) is 22.5 Å². The molecule has 0 amide bonds. The number of imidazole rings is 1. The first-order valence-electron chi connectivity index (χ1n) is 11.6. The van der Waals surface area contributed by atoms with E-state index in [9.17, 15) is 4.79 Å². The summed E-state index contributed by atoms with van der Waals surface area (Å²) in [5.41, 5.74) is 3.02. The van der Waals surface area contributed by atoms with Crippen molar-refractivity contribution < 1.29 is 0 Å². The van der Waals surface area contributed by atoms with Crippen LogP contribution in [0, 0.1) is 0 Å². The molecule has 0 atom stereocenters. The van der Waals surface area contributed by atoms with Gasteiger partial charge in [0.2, 0.25) is 11.7 Å². The lowest BCUT2D eigenvalue weighted by Gasteiger charge is -2.29. The Morgan fingerprint density at radius 1 is 1.03 bits per heavy atom. The molecular weight excluding hydrogens is 462 g/mol. The number of fused-ring (bicyclic) bond motifs is 3. The molecule has 3 aromatic heterocycles. The van der Waals surface area contributed by atoms with Crippen molar-refractivity contribution in [3.05, 3.63) is 88.1 Å². The first kappa shape index (κ1) is 21.8. The molecule has 0 unspecified atom stereocenters. The number of halogens is 1. The molecule has 6 rings (SSSR count). The number of nitrogens with zero attached hydrogens (tertiary/aromatic N) is 6. The lowest BCUT2D eigenvalue weighted by Crippen LogP contribution is -2.29. The van der Waals surface area contributed by atoms with Crippen LogP contribution >= 0.6 is 11.6 Å². The van der Waals surface area contributed by atoms with Gasteiger partial charge in [0, 0.05) is 24.3 Å². The quantitative estimate of drug-likeness (QED) is 0.399. The normalized spacial score (nSPS) is 15.1. The Bertz CT molecular complexity index is 1580. The highest BCUT2D eigenvalue weighted by atomic mass is 35.5. The van der Waals surface area contributed by atoms with Crippen molar-refractivity contribution in [3.8, 4) is 5.69 Å². The van der Waals surface area contributed by atoms with E-state index in [2.05, 4.69) is 56.5 Å². The number of nitrogens with one attached hydrogen (secondary N) is 1. The van der Waals surface area contributed by atoms with Gasteiger partial charge in [-0.3, -0.25) is 9.20 Å². The largest absolute Gasteiger partial charge is 0.324 e. The second-order valence-electron chi connectivity index (χ2n) is 8.94. The molecule has 1 aliphatic rings. The molecule has 1 fully saturated rings. The second-order valence-corrected chi connectivity index (χ2v) is 9.35. The zero-order chi connectivity index (χ0) is 23.9. The van der Waals surface area contributed by atoms with Crippen LogP contribution in [0.4, 0.5) is 11.6 Å². The maximum absolute atomic E-state index is 13.4. The van der Waals surface area contributed by atoms with Crippen molar-refractivity contribution in [2.24, 2.45) is 0 Å². The number of benzene rings is 2. The van der Waals surface area contributed by atoms with Gasteiger partial charge in [-0.2, -0.15) is 4.98 Å². The topological polar surface area (TPSA) is 80.4 Å². The summed E-state index contributed by atoms with van der Waals surface area (Å²) in [6.45, 7) is 2.27. The number of piperidine rings is 1. The summed E-state index contributed by atoms with van der Waals surface area (Å²) < 4.78 is 3.26. The maximum Gasteiger partial charge on any atom is 0.270 e. The van der Waals surface area contributed by atoms with Gasteiger partial charge in [0.25, 0.3) is 5.56 Å². The molecule has 176 valence electrons. The average molecular weight is 486 g/mol. The molecule has 8 nitrogen and oxygen atoms in total. The van der Waals surface area contributed by atoms with Gasteiger partial charge in [0.15, 0.2) is 5.65 Å². The first-order chi connectivity index (χ1) is 17.1. The fourth-order valence-electron chi connectivity index (χ4n) is 4.77. The standard InChI is InChI=1S/C26H24ClN7O/c1-32-13-10-18(11-14-32)17-6-8-19(9-7-17)30-25-29-16-20-23(31-25)33-15-12-28-26(33)34(24(20)35)22-5-3-2-4-21(22)27/h2-9,12,15-16,18H,10-11,13-14H2,1H3,(H,29,30,31). The van der Waals surface area contributed by atoms with Crippen LogP contribution < -0.4 is 10.9 Å². The monoisotopic (exact) mass is 485 g/mol.